The number of pyridine rings is 1. The van der Waals surface area contributed by atoms with Crippen LogP contribution in [0.15, 0.2) is 42.5 Å². The molecular formula is C19H17FN2O2. The maximum atomic E-state index is 14.5. The van der Waals surface area contributed by atoms with Gasteiger partial charge in [-0.25, -0.2) is 9.37 Å². The Morgan fingerprint density at radius 1 is 1.25 bits per heavy atom. The van der Waals surface area contributed by atoms with Gasteiger partial charge in [-0.15, -0.1) is 0 Å². The largest absolute Gasteiger partial charge is 0.494 e. The zero-order chi connectivity index (χ0) is 17.3. The van der Waals surface area contributed by atoms with Crippen LogP contribution in [0.1, 0.15) is 11.1 Å². The van der Waals surface area contributed by atoms with Crippen molar-refractivity contribution >= 4 is 16.8 Å². The highest BCUT2D eigenvalue weighted by atomic mass is 19.1. The van der Waals surface area contributed by atoms with E-state index in [-0.39, 0.29) is 12.2 Å². The first-order valence-corrected chi connectivity index (χ1v) is 7.51. The van der Waals surface area contributed by atoms with Crippen LogP contribution in [0.25, 0.3) is 22.2 Å². The molecule has 0 aliphatic carbocycles. The van der Waals surface area contributed by atoms with Crippen molar-refractivity contribution in [3.63, 3.8) is 0 Å². The van der Waals surface area contributed by atoms with E-state index in [1.165, 1.54) is 7.11 Å². The second kappa shape index (κ2) is 6.28. The summed E-state index contributed by atoms with van der Waals surface area (Å²) in [7, 11) is 1.43. The third kappa shape index (κ3) is 2.93. The molecule has 2 N–H and O–H groups in total. The number of halogens is 1. The second-order valence-electron chi connectivity index (χ2n) is 5.64. The fourth-order valence-electron chi connectivity index (χ4n) is 2.76. The number of fused-ring (bicyclic) bond motifs is 1. The van der Waals surface area contributed by atoms with Crippen LogP contribution >= 0.6 is 0 Å². The number of amides is 1. The van der Waals surface area contributed by atoms with E-state index in [1.807, 2.05) is 31.2 Å². The molecule has 0 aliphatic rings. The molecule has 0 aliphatic heterocycles. The molecule has 1 aromatic heterocycles. The molecule has 1 amide bonds. The summed E-state index contributed by atoms with van der Waals surface area (Å²) in [6.07, 6.45) is 0.147. The monoisotopic (exact) mass is 324 g/mol. The molecule has 0 fully saturated rings. The van der Waals surface area contributed by atoms with Gasteiger partial charge in [-0.05, 0) is 42.3 Å². The second-order valence-corrected chi connectivity index (χ2v) is 5.64. The van der Waals surface area contributed by atoms with E-state index in [0.717, 1.165) is 16.5 Å². The molecule has 5 heteroatoms. The van der Waals surface area contributed by atoms with Gasteiger partial charge in [0.15, 0.2) is 11.6 Å². The van der Waals surface area contributed by atoms with Crippen LogP contribution in [-0.4, -0.2) is 18.0 Å². The number of carbonyl (C=O) groups excluding carboxylic acids is 1. The number of rotatable bonds is 4. The van der Waals surface area contributed by atoms with Crippen molar-refractivity contribution in [1.29, 1.82) is 0 Å². The third-order valence-electron chi connectivity index (χ3n) is 3.92. The lowest BCUT2D eigenvalue weighted by Gasteiger charge is -2.10. The number of methoxy groups -OCH3 is 1. The number of benzene rings is 2. The molecule has 3 rings (SSSR count). The Labute approximate surface area is 139 Å². The lowest BCUT2D eigenvalue weighted by atomic mass is 10.0. The first-order valence-electron chi connectivity index (χ1n) is 7.51. The summed E-state index contributed by atoms with van der Waals surface area (Å²) in [5, 5.41) is 0.954. The Kier molecular flexibility index (Phi) is 4.16. The van der Waals surface area contributed by atoms with Gasteiger partial charge >= 0.3 is 0 Å². The zero-order valence-electron chi connectivity index (χ0n) is 13.5. The molecular weight excluding hydrogens is 307 g/mol. The van der Waals surface area contributed by atoms with E-state index >= 15 is 0 Å². The maximum Gasteiger partial charge on any atom is 0.221 e. The standard InChI is InChI=1S/C19H17FN2O2/c1-11-8-15(14-4-3-5-17(24-2)19(14)20)22-16-9-12(10-18(21)23)6-7-13(11)16/h3-9H,10H2,1-2H3,(H2,21,23). The summed E-state index contributed by atoms with van der Waals surface area (Å²) in [5.41, 5.74) is 8.60. The molecule has 0 saturated heterocycles. The molecule has 0 saturated carbocycles. The van der Waals surface area contributed by atoms with Gasteiger partial charge < -0.3 is 10.5 Å². The quantitative estimate of drug-likeness (QED) is 0.800. The Bertz CT molecular complexity index is 938. The van der Waals surface area contributed by atoms with Gasteiger partial charge in [-0.3, -0.25) is 4.79 Å². The van der Waals surface area contributed by atoms with Gasteiger partial charge in [0.2, 0.25) is 5.91 Å². The van der Waals surface area contributed by atoms with Gasteiger partial charge in [-0.1, -0.05) is 18.2 Å². The number of aromatic nitrogens is 1. The molecule has 0 spiro atoms. The van der Waals surface area contributed by atoms with Crippen molar-refractivity contribution in [2.24, 2.45) is 5.73 Å². The predicted molar refractivity (Wildman–Crippen MR) is 91.3 cm³/mol. The van der Waals surface area contributed by atoms with Gasteiger partial charge in [-0.2, -0.15) is 0 Å². The van der Waals surface area contributed by atoms with Gasteiger partial charge in [0, 0.05) is 10.9 Å². The molecule has 0 atom stereocenters. The highest BCUT2D eigenvalue weighted by Crippen LogP contribution is 2.30. The first kappa shape index (κ1) is 15.9. The molecule has 0 bridgehead atoms. The average molecular weight is 324 g/mol. The number of nitrogens with zero attached hydrogens (tertiary/aromatic N) is 1. The highest BCUT2D eigenvalue weighted by molar-refractivity contribution is 5.87. The minimum Gasteiger partial charge on any atom is -0.494 e. The first-order chi connectivity index (χ1) is 11.5. The summed E-state index contributed by atoms with van der Waals surface area (Å²) in [6.45, 7) is 1.94. The number of hydrogen-bond donors (Lipinski definition) is 1. The number of primary amides is 1. The number of aryl methyl sites for hydroxylation is 1. The highest BCUT2D eigenvalue weighted by Gasteiger charge is 2.13. The minimum absolute atomic E-state index is 0.147. The Hall–Kier alpha value is -2.95. The van der Waals surface area contributed by atoms with E-state index in [0.29, 0.717) is 16.8 Å². The minimum atomic E-state index is -0.445. The van der Waals surface area contributed by atoms with E-state index in [4.69, 9.17) is 10.5 Å². The molecule has 1 heterocycles. The molecule has 0 radical (unpaired) electrons. The molecule has 4 nitrogen and oxygen atoms in total. The Morgan fingerprint density at radius 2 is 2.04 bits per heavy atom. The molecule has 122 valence electrons. The van der Waals surface area contributed by atoms with Crippen molar-refractivity contribution in [2.45, 2.75) is 13.3 Å². The summed E-state index contributed by atoms with van der Waals surface area (Å²) in [5.74, 6) is -0.671. The Morgan fingerprint density at radius 3 is 2.75 bits per heavy atom. The van der Waals surface area contributed by atoms with E-state index in [2.05, 4.69) is 4.98 Å². The summed E-state index contributed by atoms with van der Waals surface area (Å²) in [4.78, 5) is 15.7. The van der Waals surface area contributed by atoms with Crippen LogP contribution in [0.4, 0.5) is 4.39 Å². The smallest absolute Gasteiger partial charge is 0.221 e. The van der Waals surface area contributed by atoms with Gasteiger partial charge in [0.25, 0.3) is 0 Å². The Balaban J connectivity index is 2.17. The normalized spacial score (nSPS) is 10.8. The van der Waals surface area contributed by atoms with Gasteiger partial charge in [0.05, 0.1) is 24.7 Å². The maximum absolute atomic E-state index is 14.5. The predicted octanol–water partition coefficient (Wildman–Crippen LogP) is 3.39. The summed E-state index contributed by atoms with van der Waals surface area (Å²) < 4.78 is 19.5. The number of ether oxygens (including phenoxy) is 1. The summed E-state index contributed by atoms with van der Waals surface area (Å²) >= 11 is 0. The molecule has 0 unspecified atom stereocenters. The van der Waals surface area contributed by atoms with E-state index < -0.39 is 11.7 Å². The zero-order valence-corrected chi connectivity index (χ0v) is 13.5. The molecule has 2 aromatic carbocycles. The van der Waals surface area contributed by atoms with Crippen molar-refractivity contribution in [3.05, 3.63) is 59.4 Å². The van der Waals surface area contributed by atoms with Crippen molar-refractivity contribution in [2.75, 3.05) is 7.11 Å². The SMILES string of the molecule is COc1cccc(-c2cc(C)c3ccc(CC(N)=O)cc3n2)c1F. The number of nitrogens with two attached hydrogens (primary N) is 1. The fourth-order valence-corrected chi connectivity index (χ4v) is 2.76. The van der Waals surface area contributed by atoms with Crippen molar-refractivity contribution < 1.29 is 13.9 Å². The van der Waals surface area contributed by atoms with Crippen molar-refractivity contribution in [1.82, 2.24) is 4.98 Å². The third-order valence-corrected chi connectivity index (χ3v) is 3.92. The van der Waals surface area contributed by atoms with Crippen molar-refractivity contribution in [3.8, 4) is 17.0 Å². The molecule has 24 heavy (non-hydrogen) atoms. The van der Waals surface area contributed by atoms with Gasteiger partial charge in [0.1, 0.15) is 0 Å². The van der Waals surface area contributed by atoms with Crippen LogP contribution in [0, 0.1) is 12.7 Å². The van der Waals surface area contributed by atoms with Crippen LogP contribution in [-0.2, 0) is 11.2 Å². The number of hydrogen-bond acceptors (Lipinski definition) is 3. The molecule has 3 aromatic rings. The van der Waals surface area contributed by atoms with E-state index in [9.17, 15) is 9.18 Å². The van der Waals surface area contributed by atoms with Crippen LogP contribution < -0.4 is 10.5 Å². The van der Waals surface area contributed by atoms with E-state index in [1.54, 1.807) is 18.2 Å². The summed E-state index contributed by atoms with van der Waals surface area (Å²) in [6, 6.07) is 12.4. The number of carbonyl (C=O) groups is 1. The lowest BCUT2D eigenvalue weighted by molar-refractivity contribution is -0.117. The van der Waals surface area contributed by atoms with Crippen LogP contribution in [0.3, 0.4) is 0 Å². The van der Waals surface area contributed by atoms with Crippen LogP contribution in [0.5, 0.6) is 5.75 Å². The average Bonchev–Trinajstić information content (AvgIpc) is 2.54. The topological polar surface area (TPSA) is 65.2 Å². The van der Waals surface area contributed by atoms with Crippen LogP contribution in [0.2, 0.25) is 0 Å². The fraction of sp³-hybridized carbons (Fsp3) is 0.158. The lowest BCUT2D eigenvalue weighted by Crippen LogP contribution is -2.13.